The van der Waals surface area contributed by atoms with Crippen molar-refractivity contribution in [2.24, 2.45) is 0 Å². The van der Waals surface area contributed by atoms with Crippen LogP contribution in [0.15, 0.2) is 84.9 Å². The summed E-state index contributed by atoms with van der Waals surface area (Å²) < 4.78 is 17.4. The average Bonchev–Trinajstić information content (AvgIpc) is 3.08. The number of para-hydroxylation sites is 2. The molecule has 10 heteroatoms. The maximum Gasteiger partial charge on any atom is 0.415 e. The van der Waals surface area contributed by atoms with Crippen LogP contribution in [-0.4, -0.2) is 75.8 Å². The van der Waals surface area contributed by atoms with Gasteiger partial charge in [-0.25, -0.2) is 4.79 Å². The summed E-state index contributed by atoms with van der Waals surface area (Å²) in [4.78, 5) is 32.4. The van der Waals surface area contributed by atoms with Gasteiger partial charge in [-0.3, -0.25) is 4.79 Å². The molecule has 252 valence electrons. The fourth-order valence-electron chi connectivity index (χ4n) is 5.92. The number of carbonyl (C=O) groups excluding carboxylic acids is 2. The Morgan fingerprint density at radius 1 is 0.875 bits per heavy atom. The Hall–Kier alpha value is -5.22. The summed E-state index contributed by atoms with van der Waals surface area (Å²) in [6.45, 7) is 5.76. The smallest absolute Gasteiger partial charge is 0.415 e. The van der Waals surface area contributed by atoms with Gasteiger partial charge in [0.25, 0.3) is 5.91 Å². The molecule has 4 aromatic carbocycles. The number of carbonyl (C=O) groups is 2. The summed E-state index contributed by atoms with van der Waals surface area (Å²) >= 11 is 0. The molecule has 5 rings (SSSR count). The first kappa shape index (κ1) is 34.1. The molecule has 0 radical (unpaired) electrons. The van der Waals surface area contributed by atoms with Gasteiger partial charge in [0.05, 0.1) is 31.3 Å². The van der Waals surface area contributed by atoms with Gasteiger partial charge in [-0.2, -0.15) is 0 Å². The molecule has 0 bridgehead atoms. The van der Waals surface area contributed by atoms with Crippen LogP contribution in [0.5, 0.6) is 17.2 Å². The molecule has 1 heterocycles. The Morgan fingerprint density at radius 2 is 1.56 bits per heavy atom. The number of rotatable bonds is 12. The first-order valence-electron chi connectivity index (χ1n) is 15.9. The fourth-order valence-corrected chi connectivity index (χ4v) is 5.92. The summed E-state index contributed by atoms with van der Waals surface area (Å²) in [7, 11) is 8.98. The molecule has 2 amide bonds. The van der Waals surface area contributed by atoms with E-state index in [0.29, 0.717) is 43.4 Å². The summed E-state index contributed by atoms with van der Waals surface area (Å²) in [5, 5.41) is 6.93. The highest BCUT2D eigenvalue weighted by molar-refractivity contribution is 6.09. The minimum atomic E-state index is -0.763. The van der Waals surface area contributed by atoms with E-state index < -0.39 is 11.6 Å². The van der Waals surface area contributed by atoms with Crippen LogP contribution in [0.3, 0.4) is 0 Å². The molecule has 0 atom stereocenters. The van der Waals surface area contributed by atoms with E-state index in [9.17, 15) is 9.59 Å². The monoisotopic (exact) mass is 651 g/mol. The van der Waals surface area contributed by atoms with E-state index in [1.54, 1.807) is 43.2 Å². The third-order valence-electron chi connectivity index (χ3n) is 8.43. The number of nitrogens with one attached hydrogen (secondary N) is 2. The van der Waals surface area contributed by atoms with Crippen molar-refractivity contribution in [3.8, 4) is 28.4 Å². The van der Waals surface area contributed by atoms with E-state index in [1.165, 1.54) is 0 Å². The van der Waals surface area contributed by atoms with Crippen molar-refractivity contribution in [1.82, 2.24) is 9.80 Å². The Morgan fingerprint density at radius 3 is 2.27 bits per heavy atom. The van der Waals surface area contributed by atoms with Gasteiger partial charge in [-0.15, -0.1) is 0 Å². The molecule has 4 aromatic rings. The van der Waals surface area contributed by atoms with Crippen LogP contribution in [0.2, 0.25) is 0 Å². The molecule has 2 N–H and O–H groups in total. The largest absolute Gasteiger partial charge is 0.496 e. The predicted octanol–water partition coefficient (Wildman–Crippen LogP) is 6.71. The predicted molar refractivity (Wildman–Crippen MR) is 191 cm³/mol. The molecule has 1 aliphatic rings. The number of hydrogen-bond acceptors (Lipinski definition) is 8. The Balaban J connectivity index is 1.50. The SMILES string of the molecule is COc1ccccc1NCc1c(-c2ccc(OC(=O)N(CCN(C)C)Cc3ccccc3)cc2OC)ccc2c1N(C)C(=O)C(C)(C)N2. The maximum atomic E-state index is 13.5. The second kappa shape index (κ2) is 14.7. The van der Waals surface area contributed by atoms with Gasteiger partial charge in [-0.05, 0) is 69.4 Å². The van der Waals surface area contributed by atoms with Gasteiger partial charge < -0.3 is 39.5 Å². The number of fused-ring (bicyclic) bond motifs is 1. The van der Waals surface area contributed by atoms with Crippen LogP contribution in [-0.2, 0) is 17.9 Å². The first-order chi connectivity index (χ1) is 23.0. The lowest BCUT2D eigenvalue weighted by molar-refractivity contribution is -0.121. The van der Waals surface area contributed by atoms with Crippen molar-refractivity contribution in [3.63, 3.8) is 0 Å². The standard InChI is InChI=1S/C38H45N5O5/c1-38(2)36(44)42(5)35-30(24-39-31-15-11-12-16-33(31)46-6)28(19-20-32(35)40-38)29-18-17-27(23-34(29)47-7)48-37(45)43(22-21-41(3)4)25-26-13-9-8-10-14-26/h8-20,23,39-40H,21-22,24-25H2,1-7H3. The molecule has 0 unspecified atom stereocenters. The van der Waals surface area contributed by atoms with Gasteiger partial charge >= 0.3 is 6.09 Å². The first-order valence-corrected chi connectivity index (χ1v) is 15.9. The van der Waals surface area contributed by atoms with E-state index in [4.69, 9.17) is 14.2 Å². The molecule has 0 aromatic heterocycles. The van der Waals surface area contributed by atoms with Crippen molar-refractivity contribution in [1.29, 1.82) is 0 Å². The molecule has 1 aliphatic heterocycles. The van der Waals surface area contributed by atoms with E-state index in [-0.39, 0.29) is 5.91 Å². The van der Waals surface area contributed by atoms with Crippen molar-refractivity contribution in [2.75, 3.05) is 64.0 Å². The lowest BCUT2D eigenvalue weighted by Gasteiger charge is -2.40. The van der Waals surface area contributed by atoms with Crippen LogP contribution in [0, 0.1) is 0 Å². The topological polar surface area (TPSA) is 95.6 Å². The average molecular weight is 652 g/mol. The summed E-state index contributed by atoms with van der Waals surface area (Å²) in [5.41, 5.74) is 5.24. The van der Waals surface area contributed by atoms with Crippen LogP contribution in [0.4, 0.5) is 21.9 Å². The molecule has 0 saturated carbocycles. The minimum Gasteiger partial charge on any atom is -0.496 e. The van der Waals surface area contributed by atoms with E-state index in [0.717, 1.165) is 39.3 Å². The number of methoxy groups -OCH3 is 2. The fraction of sp³-hybridized carbons (Fsp3) is 0.316. The molecule has 0 saturated heterocycles. The third kappa shape index (κ3) is 7.50. The number of anilines is 3. The maximum absolute atomic E-state index is 13.5. The van der Waals surface area contributed by atoms with Crippen LogP contribution >= 0.6 is 0 Å². The van der Waals surface area contributed by atoms with E-state index >= 15 is 0 Å². The third-order valence-corrected chi connectivity index (χ3v) is 8.43. The van der Waals surface area contributed by atoms with E-state index in [1.807, 2.05) is 106 Å². The van der Waals surface area contributed by atoms with Crippen LogP contribution < -0.4 is 29.7 Å². The highest BCUT2D eigenvalue weighted by Gasteiger charge is 2.38. The lowest BCUT2D eigenvalue weighted by Crippen LogP contribution is -2.52. The molecule has 0 fully saturated rings. The summed E-state index contributed by atoms with van der Waals surface area (Å²) in [5.74, 6) is 1.56. The Labute approximate surface area is 283 Å². The number of ether oxygens (including phenoxy) is 3. The molecule has 0 spiro atoms. The summed E-state index contributed by atoms with van der Waals surface area (Å²) in [6, 6.07) is 27.0. The number of amides is 2. The molecular formula is C38H45N5O5. The van der Waals surface area contributed by atoms with Gasteiger partial charge in [0.2, 0.25) is 0 Å². The van der Waals surface area contributed by atoms with Crippen molar-refractivity contribution >= 4 is 29.1 Å². The normalized spacial score (nSPS) is 13.4. The van der Waals surface area contributed by atoms with Gasteiger partial charge in [0.1, 0.15) is 22.8 Å². The Kier molecular flexibility index (Phi) is 10.4. The molecule has 10 nitrogen and oxygen atoms in total. The van der Waals surface area contributed by atoms with Crippen molar-refractivity contribution in [2.45, 2.75) is 32.5 Å². The number of hydrogen-bond donors (Lipinski definition) is 2. The molecule has 0 aliphatic carbocycles. The van der Waals surface area contributed by atoms with Crippen molar-refractivity contribution < 1.29 is 23.8 Å². The van der Waals surface area contributed by atoms with Crippen molar-refractivity contribution in [3.05, 3.63) is 96.1 Å². The quantitative estimate of drug-likeness (QED) is 0.175. The zero-order valence-electron chi connectivity index (χ0n) is 28.8. The van der Waals surface area contributed by atoms with E-state index in [2.05, 4.69) is 10.6 Å². The highest BCUT2D eigenvalue weighted by Crippen LogP contribution is 2.45. The van der Waals surface area contributed by atoms with Crippen LogP contribution in [0.1, 0.15) is 25.0 Å². The zero-order chi connectivity index (χ0) is 34.4. The van der Waals surface area contributed by atoms with Gasteiger partial charge in [0.15, 0.2) is 0 Å². The number of nitrogens with zero attached hydrogens (tertiary/aromatic N) is 3. The molecular weight excluding hydrogens is 606 g/mol. The summed E-state index contributed by atoms with van der Waals surface area (Å²) in [6.07, 6.45) is -0.445. The number of benzene rings is 4. The zero-order valence-corrected chi connectivity index (χ0v) is 28.8. The molecule has 48 heavy (non-hydrogen) atoms. The van der Waals surface area contributed by atoms with Gasteiger partial charge in [0, 0.05) is 50.4 Å². The lowest BCUT2D eigenvalue weighted by atomic mass is 9.91. The number of likely N-dealkylation sites (N-methyl/N-ethyl adjacent to an activating group) is 2. The van der Waals surface area contributed by atoms with Gasteiger partial charge in [-0.1, -0.05) is 48.5 Å². The Bertz CT molecular complexity index is 1760. The second-order valence-corrected chi connectivity index (χ2v) is 12.6. The minimum absolute atomic E-state index is 0.0470. The highest BCUT2D eigenvalue weighted by atomic mass is 16.6. The second-order valence-electron chi connectivity index (χ2n) is 12.6. The van der Waals surface area contributed by atoms with Crippen LogP contribution in [0.25, 0.3) is 11.1 Å².